The van der Waals surface area contributed by atoms with Crippen LogP contribution in [0.3, 0.4) is 0 Å². The molecule has 2 aliphatic heterocycles. The number of rotatable bonds is 3. The van der Waals surface area contributed by atoms with Crippen molar-refractivity contribution in [3.63, 3.8) is 0 Å². The van der Waals surface area contributed by atoms with Crippen molar-refractivity contribution in [2.24, 2.45) is 0 Å². The molecule has 0 unspecified atom stereocenters. The molecule has 0 N–H and O–H groups in total. The molecule has 25 heavy (non-hydrogen) atoms. The quantitative estimate of drug-likeness (QED) is 0.618. The summed E-state index contributed by atoms with van der Waals surface area (Å²) in [6.45, 7) is 3.20. The van der Waals surface area contributed by atoms with E-state index in [1.54, 1.807) is 6.08 Å². The van der Waals surface area contributed by atoms with Gasteiger partial charge in [0.1, 0.15) is 0 Å². The second kappa shape index (κ2) is 7.10. The molecule has 0 bridgehead atoms. The van der Waals surface area contributed by atoms with E-state index < -0.39 is 17.7 Å². The number of nitriles is 1. The SMILES string of the molecule is N#CC=C1CN(C2CCN(Cc3ccnc(C(F)(F)F)c3F)CC2)C1. The average molecular weight is 354 g/mol. The predicted octanol–water partition coefficient (Wildman–Crippen LogP) is 2.97. The van der Waals surface area contributed by atoms with Crippen molar-refractivity contribution in [2.75, 3.05) is 26.2 Å². The molecule has 0 aromatic carbocycles. The van der Waals surface area contributed by atoms with Gasteiger partial charge in [-0.3, -0.25) is 9.80 Å². The van der Waals surface area contributed by atoms with Crippen LogP contribution in [-0.2, 0) is 12.7 Å². The summed E-state index contributed by atoms with van der Waals surface area (Å²) >= 11 is 0. The highest BCUT2D eigenvalue weighted by molar-refractivity contribution is 5.23. The van der Waals surface area contributed by atoms with Crippen molar-refractivity contribution in [3.05, 3.63) is 41.0 Å². The second-order valence-electron chi connectivity index (χ2n) is 6.47. The number of likely N-dealkylation sites (tertiary alicyclic amines) is 2. The highest BCUT2D eigenvalue weighted by atomic mass is 19.4. The smallest absolute Gasteiger partial charge is 0.299 e. The van der Waals surface area contributed by atoms with Crippen LogP contribution in [0.2, 0.25) is 0 Å². The first-order valence-corrected chi connectivity index (χ1v) is 8.13. The van der Waals surface area contributed by atoms with Gasteiger partial charge in [-0.1, -0.05) is 0 Å². The van der Waals surface area contributed by atoms with Crippen LogP contribution < -0.4 is 0 Å². The van der Waals surface area contributed by atoms with E-state index in [-0.39, 0.29) is 12.1 Å². The molecule has 4 nitrogen and oxygen atoms in total. The number of nitrogens with zero attached hydrogens (tertiary/aromatic N) is 4. The molecule has 0 atom stereocenters. The summed E-state index contributed by atoms with van der Waals surface area (Å²) in [5, 5.41) is 8.61. The van der Waals surface area contributed by atoms with Gasteiger partial charge in [0.2, 0.25) is 0 Å². The molecular weight excluding hydrogens is 336 g/mol. The van der Waals surface area contributed by atoms with E-state index >= 15 is 0 Å². The topological polar surface area (TPSA) is 43.2 Å². The highest BCUT2D eigenvalue weighted by Gasteiger charge is 2.37. The van der Waals surface area contributed by atoms with Gasteiger partial charge in [-0.2, -0.15) is 18.4 Å². The number of aromatic nitrogens is 1. The lowest BCUT2D eigenvalue weighted by molar-refractivity contribution is -0.143. The van der Waals surface area contributed by atoms with E-state index in [9.17, 15) is 17.6 Å². The van der Waals surface area contributed by atoms with Crippen LogP contribution in [0, 0.1) is 17.1 Å². The van der Waals surface area contributed by atoms with Crippen LogP contribution in [-0.4, -0.2) is 47.0 Å². The second-order valence-corrected chi connectivity index (χ2v) is 6.47. The van der Waals surface area contributed by atoms with Crippen molar-refractivity contribution < 1.29 is 17.6 Å². The van der Waals surface area contributed by atoms with Crippen LogP contribution in [0.1, 0.15) is 24.1 Å². The fourth-order valence-corrected chi connectivity index (χ4v) is 3.40. The van der Waals surface area contributed by atoms with Crippen LogP contribution in [0.25, 0.3) is 0 Å². The minimum absolute atomic E-state index is 0.0314. The fourth-order valence-electron chi connectivity index (χ4n) is 3.40. The van der Waals surface area contributed by atoms with Crippen LogP contribution in [0.5, 0.6) is 0 Å². The summed E-state index contributed by atoms with van der Waals surface area (Å²) < 4.78 is 52.3. The third-order valence-corrected chi connectivity index (χ3v) is 4.79. The number of hydrogen-bond donors (Lipinski definition) is 0. The van der Waals surface area contributed by atoms with Crippen molar-refractivity contribution in [1.82, 2.24) is 14.8 Å². The summed E-state index contributed by atoms with van der Waals surface area (Å²) in [6.07, 6.45) is -0.413. The van der Waals surface area contributed by atoms with Gasteiger partial charge in [0, 0.05) is 43.5 Å². The molecule has 0 saturated carbocycles. The largest absolute Gasteiger partial charge is 0.436 e. The van der Waals surface area contributed by atoms with E-state index in [1.165, 1.54) is 6.07 Å². The maximum absolute atomic E-state index is 14.1. The fraction of sp³-hybridized carbons (Fsp3) is 0.529. The molecule has 0 spiro atoms. The summed E-state index contributed by atoms with van der Waals surface area (Å²) in [5.41, 5.74) is -0.287. The zero-order chi connectivity index (χ0) is 18.0. The molecule has 2 fully saturated rings. The minimum Gasteiger partial charge on any atom is -0.299 e. The maximum Gasteiger partial charge on any atom is 0.436 e. The number of hydrogen-bond acceptors (Lipinski definition) is 4. The molecule has 0 radical (unpaired) electrons. The Bertz CT molecular complexity index is 692. The number of halogens is 4. The van der Waals surface area contributed by atoms with Crippen molar-refractivity contribution >= 4 is 0 Å². The highest BCUT2D eigenvalue weighted by Crippen LogP contribution is 2.31. The Balaban J connectivity index is 1.55. The molecule has 8 heteroatoms. The zero-order valence-electron chi connectivity index (χ0n) is 13.6. The first-order chi connectivity index (χ1) is 11.9. The molecule has 2 saturated heterocycles. The molecule has 0 amide bonds. The van der Waals surface area contributed by atoms with Crippen molar-refractivity contribution in [2.45, 2.75) is 31.6 Å². The van der Waals surface area contributed by atoms with E-state index in [2.05, 4.69) is 9.88 Å². The molecular formula is C17H18F4N4. The first-order valence-electron chi connectivity index (χ1n) is 8.13. The van der Waals surface area contributed by atoms with E-state index in [1.807, 2.05) is 11.0 Å². The van der Waals surface area contributed by atoms with Gasteiger partial charge in [0.15, 0.2) is 11.5 Å². The third kappa shape index (κ3) is 3.99. The average Bonchev–Trinajstić information content (AvgIpc) is 2.52. The third-order valence-electron chi connectivity index (χ3n) is 4.79. The van der Waals surface area contributed by atoms with Gasteiger partial charge < -0.3 is 0 Å². The van der Waals surface area contributed by atoms with Crippen molar-refractivity contribution in [1.29, 1.82) is 5.26 Å². The summed E-state index contributed by atoms with van der Waals surface area (Å²) in [4.78, 5) is 7.40. The van der Waals surface area contributed by atoms with Crippen LogP contribution >= 0.6 is 0 Å². The van der Waals surface area contributed by atoms with Crippen molar-refractivity contribution in [3.8, 4) is 6.07 Å². The van der Waals surface area contributed by atoms with Gasteiger partial charge in [-0.25, -0.2) is 9.37 Å². The normalized spacial score (nSPS) is 20.2. The van der Waals surface area contributed by atoms with Crippen LogP contribution in [0.4, 0.5) is 17.6 Å². The molecule has 1 aromatic heterocycles. The maximum atomic E-state index is 14.1. The summed E-state index contributed by atoms with van der Waals surface area (Å²) in [6, 6.07) is 3.76. The Morgan fingerprint density at radius 2 is 1.96 bits per heavy atom. The summed E-state index contributed by atoms with van der Waals surface area (Å²) in [5.74, 6) is -1.27. The lowest BCUT2D eigenvalue weighted by Gasteiger charge is -2.44. The molecule has 134 valence electrons. The summed E-state index contributed by atoms with van der Waals surface area (Å²) in [7, 11) is 0. The predicted molar refractivity (Wildman–Crippen MR) is 82.8 cm³/mol. The Kier molecular flexibility index (Phi) is 5.06. The number of allylic oxidation sites excluding steroid dienone is 1. The lowest BCUT2D eigenvalue weighted by atomic mass is 9.96. The molecule has 2 aliphatic rings. The lowest BCUT2D eigenvalue weighted by Crippen LogP contribution is -2.51. The molecule has 0 aliphatic carbocycles. The van der Waals surface area contributed by atoms with Gasteiger partial charge in [-0.15, -0.1) is 0 Å². The van der Waals surface area contributed by atoms with E-state index in [4.69, 9.17) is 5.26 Å². The first kappa shape index (κ1) is 17.8. The van der Waals surface area contributed by atoms with E-state index in [0.29, 0.717) is 19.1 Å². The van der Waals surface area contributed by atoms with Gasteiger partial charge >= 0.3 is 6.18 Å². The zero-order valence-corrected chi connectivity index (χ0v) is 13.6. The van der Waals surface area contributed by atoms with Gasteiger partial charge in [-0.05, 0) is 37.6 Å². The Hall–Kier alpha value is -1.98. The molecule has 1 aromatic rings. The minimum atomic E-state index is -4.78. The molecule has 3 heterocycles. The number of pyridine rings is 1. The molecule has 3 rings (SSSR count). The Morgan fingerprint density at radius 1 is 1.28 bits per heavy atom. The van der Waals surface area contributed by atoms with Crippen LogP contribution in [0.15, 0.2) is 23.9 Å². The monoisotopic (exact) mass is 354 g/mol. The van der Waals surface area contributed by atoms with Gasteiger partial charge in [0.05, 0.1) is 6.07 Å². The van der Waals surface area contributed by atoms with E-state index in [0.717, 1.165) is 37.7 Å². The number of alkyl halides is 3. The number of piperidine rings is 1. The Labute approximate surface area is 143 Å². The van der Waals surface area contributed by atoms with Gasteiger partial charge in [0.25, 0.3) is 0 Å². The standard InChI is InChI=1S/C17H18F4N4/c18-15-13(2-6-23-16(15)17(19,20)21)11-24-7-3-14(4-8-24)25-9-12(10-25)1-5-22/h1-2,6,14H,3-4,7-11H2. The Morgan fingerprint density at radius 3 is 2.56 bits per heavy atom.